The van der Waals surface area contributed by atoms with Crippen LogP contribution < -0.4 is 0 Å². The molecule has 0 aliphatic carbocycles. The van der Waals surface area contributed by atoms with Gasteiger partial charge in [0.2, 0.25) is 0 Å². The summed E-state index contributed by atoms with van der Waals surface area (Å²) in [6, 6.07) is 14.5. The number of aromatic nitrogens is 1. The Morgan fingerprint density at radius 1 is 0.875 bits per heavy atom. The average Bonchev–Trinajstić information content (AvgIpc) is 2.32. The monoisotopic (exact) mass is 213 g/mol. The van der Waals surface area contributed by atoms with Gasteiger partial charge in [-0.3, -0.25) is 4.98 Å². The third-order valence-corrected chi connectivity index (χ3v) is 2.17. The second kappa shape index (κ2) is 6.06. The molecular weight excluding hydrogens is 194 g/mol. The molecule has 0 radical (unpaired) electrons. The van der Waals surface area contributed by atoms with Crippen LogP contribution in [0.5, 0.6) is 0 Å². The number of aryl methyl sites for hydroxylation is 2. The van der Waals surface area contributed by atoms with Crippen molar-refractivity contribution < 1.29 is 0 Å². The predicted molar refractivity (Wildman–Crippen MR) is 70.5 cm³/mol. The predicted octanol–water partition coefficient (Wildman–Crippen LogP) is 4.39. The van der Waals surface area contributed by atoms with E-state index in [0.717, 1.165) is 11.4 Å². The minimum Gasteiger partial charge on any atom is -0.253 e. The van der Waals surface area contributed by atoms with E-state index in [-0.39, 0.29) is 0 Å². The zero-order valence-electron chi connectivity index (χ0n) is 10.5. The van der Waals surface area contributed by atoms with Crippen molar-refractivity contribution in [3.8, 4) is 11.3 Å². The van der Waals surface area contributed by atoms with Crippen LogP contribution >= 0.6 is 0 Å². The lowest BCUT2D eigenvalue weighted by Gasteiger charge is -2.03. The first-order chi connectivity index (χ1) is 7.75. The Balaban J connectivity index is 0.000000606. The van der Waals surface area contributed by atoms with Gasteiger partial charge in [-0.1, -0.05) is 44.2 Å². The minimum absolute atomic E-state index is 1.06. The number of hydrogen-bond acceptors (Lipinski definition) is 1. The van der Waals surface area contributed by atoms with Crippen LogP contribution in [0.15, 0.2) is 42.5 Å². The molecule has 0 bridgehead atoms. The lowest BCUT2D eigenvalue weighted by Crippen LogP contribution is -1.88. The van der Waals surface area contributed by atoms with Crippen molar-refractivity contribution in [1.29, 1.82) is 0 Å². The Morgan fingerprint density at radius 2 is 1.50 bits per heavy atom. The third kappa shape index (κ3) is 3.20. The number of benzene rings is 1. The van der Waals surface area contributed by atoms with E-state index in [1.165, 1.54) is 11.1 Å². The van der Waals surface area contributed by atoms with Gasteiger partial charge in [0.1, 0.15) is 0 Å². The lowest BCUT2D eigenvalue weighted by molar-refractivity contribution is 1.18. The molecule has 16 heavy (non-hydrogen) atoms. The molecule has 0 atom stereocenters. The van der Waals surface area contributed by atoms with Crippen molar-refractivity contribution in [2.75, 3.05) is 0 Å². The van der Waals surface area contributed by atoms with Crippen LogP contribution in [0.4, 0.5) is 0 Å². The van der Waals surface area contributed by atoms with Crippen molar-refractivity contribution in [2.24, 2.45) is 0 Å². The first kappa shape index (κ1) is 12.4. The van der Waals surface area contributed by atoms with Gasteiger partial charge in [0, 0.05) is 11.3 Å². The molecule has 0 fully saturated rings. The number of nitrogens with zero attached hydrogens (tertiary/aromatic N) is 1. The summed E-state index contributed by atoms with van der Waals surface area (Å²) in [7, 11) is 0. The van der Waals surface area contributed by atoms with Crippen molar-refractivity contribution in [1.82, 2.24) is 4.98 Å². The van der Waals surface area contributed by atoms with Crippen LogP contribution in [0.25, 0.3) is 11.3 Å². The summed E-state index contributed by atoms with van der Waals surface area (Å²) in [6.07, 6.45) is 0. The molecule has 2 aromatic rings. The van der Waals surface area contributed by atoms with Gasteiger partial charge >= 0.3 is 0 Å². The zero-order chi connectivity index (χ0) is 12.0. The molecule has 0 amide bonds. The normalized spacial score (nSPS) is 9.25. The Morgan fingerprint density at radius 3 is 2.06 bits per heavy atom. The summed E-state index contributed by atoms with van der Waals surface area (Å²) < 4.78 is 0. The standard InChI is InChI=1S/C13H13N.C2H6/c1-10-8-11(2)14-13(9-10)12-6-4-3-5-7-12;1-2/h3-9H,1-2H3;1-2H3. The van der Waals surface area contributed by atoms with E-state index in [0.29, 0.717) is 0 Å². The first-order valence-electron chi connectivity index (χ1n) is 5.76. The zero-order valence-corrected chi connectivity index (χ0v) is 10.5. The van der Waals surface area contributed by atoms with E-state index in [4.69, 9.17) is 0 Å². The highest BCUT2D eigenvalue weighted by Crippen LogP contribution is 2.18. The second-order valence-corrected chi connectivity index (χ2v) is 3.54. The topological polar surface area (TPSA) is 12.9 Å². The van der Waals surface area contributed by atoms with Gasteiger partial charge in [-0.2, -0.15) is 0 Å². The largest absolute Gasteiger partial charge is 0.253 e. The second-order valence-electron chi connectivity index (χ2n) is 3.54. The third-order valence-electron chi connectivity index (χ3n) is 2.17. The minimum atomic E-state index is 1.06. The number of hydrogen-bond donors (Lipinski definition) is 0. The lowest BCUT2D eigenvalue weighted by atomic mass is 10.1. The van der Waals surface area contributed by atoms with Crippen LogP contribution in [0.1, 0.15) is 25.1 Å². The summed E-state index contributed by atoms with van der Waals surface area (Å²) >= 11 is 0. The van der Waals surface area contributed by atoms with Crippen LogP contribution in [0.2, 0.25) is 0 Å². The fourth-order valence-corrected chi connectivity index (χ4v) is 1.60. The highest BCUT2D eigenvalue weighted by Gasteiger charge is 1.99. The van der Waals surface area contributed by atoms with E-state index in [1.54, 1.807) is 0 Å². The van der Waals surface area contributed by atoms with E-state index < -0.39 is 0 Å². The van der Waals surface area contributed by atoms with Crippen molar-refractivity contribution >= 4 is 0 Å². The Labute approximate surface area is 98.2 Å². The molecule has 0 aliphatic rings. The molecule has 2 rings (SSSR count). The van der Waals surface area contributed by atoms with Gasteiger partial charge in [0.05, 0.1) is 5.69 Å². The molecule has 0 saturated heterocycles. The maximum absolute atomic E-state index is 4.50. The summed E-state index contributed by atoms with van der Waals surface area (Å²) in [6.45, 7) is 8.13. The molecule has 0 saturated carbocycles. The van der Waals surface area contributed by atoms with Gasteiger partial charge in [0.25, 0.3) is 0 Å². The molecule has 0 aliphatic heterocycles. The molecule has 1 nitrogen and oxygen atoms in total. The first-order valence-corrected chi connectivity index (χ1v) is 5.76. The summed E-state index contributed by atoms with van der Waals surface area (Å²) in [4.78, 5) is 4.50. The number of pyridine rings is 1. The van der Waals surface area contributed by atoms with E-state index in [2.05, 4.69) is 36.2 Å². The Hall–Kier alpha value is -1.63. The average molecular weight is 213 g/mol. The molecule has 0 N–H and O–H groups in total. The smallest absolute Gasteiger partial charge is 0.0707 e. The summed E-state index contributed by atoms with van der Waals surface area (Å²) in [5.41, 5.74) is 4.57. The van der Waals surface area contributed by atoms with Gasteiger partial charge in [-0.25, -0.2) is 0 Å². The van der Waals surface area contributed by atoms with Crippen LogP contribution in [0, 0.1) is 13.8 Å². The molecule has 1 heterocycles. The number of rotatable bonds is 1. The molecule has 1 heteroatoms. The molecular formula is C15H19N. The molecule has 1 aromatic heterocycles. The van der Waals surface area contributed by atoms with Crippen LogP contribution in [-0.2, 0) is 0 Å². The highest BCUT2D eigenvalue weighted by atomic mass is 14.7. The summed E-state index contributed by atoms with van der Waals surface area (Å²) in [5, 5.41) is 0. The molecule has 84 valence electrons. The quantitative estimate of drug-likeness (QED) is 0.684. The van der Waals surface area contributed by atoms with Gasteiger partial charge in [-0.05, 0) is 31.5 Å². The maximum atomic E-state index is 4.50. The maximum Gasteiger partial charge on any atom is 0.0707 e. The van der Waals surface area contributed by atoms with Gasteiger partial charge in [-0.15, -0.1) is 0 Å². The summed E-state index contributed by atoms with van der Waals surface area (Å²) in [5.74, 6) is 0. The van der Waals surface area contributed by atoms with E-state index >= 15 is 0 Å². The SMILES string of the molecule is CC.Cc1cc(C)nc(-c2ccccc2)c1. The van der Waals surface area contributed by atoms with E-state index in [9.17, 15) is 0 Å². The van der Waals surface area contributed by atoms with Gasteiger partial charge < -0.3 is 0 Å². The van der Waals surface area contributed by atoms with Crippen molar-refractivity contribution in [3.63, 3.8) is 0 Å². The van der Waals surface area contributed by atoms with Gasteiger partial charge in [0.15, 0.2) is 0 Å². The Kier molecular flexibility index (Phi) is 4.71. The fourth-order valence-electron chi connectivity index (χ4n) is 1.60. The highest BCUT2D eigenvalue weighted by molar-refractivity contribution is 5.59. The van der Waals surface area contributed by atoms with Crippen molar-refractivity contribution in [3.05, 3.63) is 53.7 Å². The van der Waals surface area contributed by atoms with E-state index in [1.807, 2.05) is 39.0 Å². The van der Waals surface area contributed by atoms with Crippen LogP contribution in [-0.4, -0.2) is 4.98 Å². The Bertz CT molecular complexity index is 412. The fraction of sp³-hybridized carbons (Fsp3) is 0.267. The molecule has 0 spiro atoms. The molecule has 1 aromatic carbocycles. The van der Waals surface area contributed by atoms with Crippen molar-refractivity contribution in [2.45, 2.75) is 27.7 Å². The van der Waals surface area contributed by atoms with Crippen LogP contribution in [0.3, 0.4) is 0 Å². The molecule has 0 unspecified atom stereocenters.